The van der Waals surface area contributed by atoms with Crippen molar-refractivity contribution in [2.75, 3.05) is 13.2 Å². The van der Waals surface area contributed by atoms with Gasteiger partial charge in [0.1, 0.15) is 18.5 Å². The number of nitrogens with zero attached hydrogens (tertiary/aromatic N) is 1. The highest BCUT2D eigenvalue weighted by Crippen LogP contribution is 2.31. The monoisotopic (exact) mass is 388 g/mol. The smallest absolute Gasteiger partial charge is 0.415 e. The van der Waals surface area contributed by atoms with Crippen LogP contribution in [0, 0.1) is 0 Å². The zero-order valence-electron chi connectivity index (χ0n) is 15.4. The first-order valence-electron chi connectivity index (χ1n) is 8.55. The highest BCUT2D eigenvalue weighted by atomic mass is 35.5. The van der Waals surface area contributed by atoms with E-state index in [2.05, 4.69) is 4.98 Å². The van der Waals surface area contributed by atoms with Crippen molar-refractivity contribution >= 4 is 23.4 Å². The number of aromatic amines is 1. The third-order valence-corrected chi connectivity index (χ3v) is 4.05. The van der Waals surface area contributed by atoms with Gasteiger partial charge in [-0.3, -0.25) is 9.69 Å². The average molecular weight is 389 g/mol. The van der Waals surface area contributed by atoms with E-state index in [1.807, 2.05) is 26.8 Å². The van der Waals surface area contributed by atoms with Gasteiger partial charge in [0, 0.05) is 22.8 Å². The lowest BCUT2D eigenvalue weighted by Gasteiger charge is -2.31. The average Bonchev–Trinajstić information content (AvgIpc) is 2.60. The molecule has 0 aliphatic carbocycles. The summed E-state index contributed by atoms with van der Waals surface area (Å²) in [6, 6.07) is 8.65. The van der Waals surface area contributed by atoms with Crippen LogP contribution in [0.25, 0.3) is 16.8 Å². The van der Waals surface area contributed by atoms with E-state index < -0.39 is 11.7 Å². The largest absolute Gasteiger partial charge is 0.497 e. The maximum absolute atomic E-state index is 12.6. The summed E-state index contributed by atoms with van der Waals surface area (Å²) < 4.78 is 10.9. The summed E-state index contributed by atoms with van der Waals surface area (Å²) in [7, 11) is 0. The molecule has 2 heterocycles. The lowest BCUT2D eigenvalue weighted by Crippen LogP contribution is -2.39. The van der Waals surface area contributed by atoms with Crippen molar-refractivity contribution in [3.8, 4) is 11.1 Å². The number of aromatic nitrogens is 1. The topological polar surface area (TPSA) is 71.6 Å². The lowest BCUT2D eigenvalue weighted by molar-refractivity contribution is 0.0296. The second-order valence-electron chi connectivity index (χ2n) is 7.18. The van der Waals surface area contributed by atoms with Crippen molar-refractivity contribution in [2.45, 2.75) is 26.4 Å². The number of hydrogen-bond donors (Lipinski definition) is 1. The molecule has 7 heteroatoms. The van der Waals surface area contributed by atoms with E-state index in [0.29, 0.717) is 29.4 Å². The number of pyridine rings is 1. The number of benzene rings is 1. The molecule has 142 valence electrons. The van der Waals surface area contributed by atoms with E-state index in [9.17, 15) is 9.59 Å². The predicted molar refractivity (Wildman–Crippen MR) is 104 cm³/mol. The summed E-state index contributed by atoms with van der Waals surface area (Å²) in [6.07, 6.45) is 2.66. The molecule has 0 radical (unpaired) electrons. The maximum Gasteiger partial charge on any atom is 0.415 e. The Morgan fingerprint density at radius 2 is 1.93 bits per heavy atom. The molecule has 1 aromatic carbocycles. The summed E-state index contributed by atoms with van der Waals surface area (Å²) in [5.41, 5.74) is 1.94. The van der Waals surface area contributed by atoms with E-state index in [4.69, 9.17) is 21.1 Å². The molecule has 1 aliphatic heterocycles. The summed E-state index contributed by atoms with van der Waals surface area (Å²) in [6.45, 7) is 6.20. The van der Waals surface area contributed by atoms with Crippen LogP contribution in [0.5, 0.6) is 0 Å². The van der Waals surface area contributed by atoms with Crippen LogP contribution in [-0.2, 0) is 9.47 Å². The van der Waals surface area contributed by atoms with Crippen molar-refractivity contribution < 1.29 is 14.3 Å². The number of carbonyl (C=O) groups excluding carboxylic acids is 1. The third-order valence-electron chi connectivity index (χ3n) is 3.83. The molecule has 1 aromatic heterocycles. The van der Waals surface area contributed by atoms with Crippen LogP contribution < -0.4 is 5.56 Å². The Kier molecular flexibility index (Phi) is 5.28. The van der Waals surface area contributed by atoms with Crippen LogP contribution in [0.1, 0.15) is 26.3 Å². The number of carbonyl (C=O) groups is 1. The van der Waals surface area contributed by atoms with Gasteiger partial charge in [-0.25, -0.2) is 4.79 Å². The van der Waals surface area contributed by atoms with E-state index in [1.54, 1.807) is 24.4 Å². The molecule has 3 rings (SSSR count). The van der Waals surface area contributed by atoms with Crippen LogP contribution >= 0.6 is 11.6 Å². The summed E-state index contributed by atoms with van der Waals surface area (Å²) in [5, 5.41) is 0.485. The fourth-order valence-corrected chi connectivity index (χ4v) is 2.96. The number of nitrogens with one attached hydrogen (secondary N) is 1. The lowest BCUT2D eigenvalue weighted by atomic mass is 10.0. The number of hydrogen-bond acceptors (Lipinski definition) is 4. The Balaban J connectivity index is 2.00. The zero-order chi connectivity index (χ0) is 19.6. The van der Waals surface area contributed by atoms with Gasteiger partial charge in [-0.2, -0.15) is 0 Å². The molecule has 1 N–H and O–H groups in total. The highest BCUT2D eigenvalue weighted by molar-refractivity contribution is 6.31. The zero-order valence-corrected chi connectivity index (χ0v) is 16.2. The Labute approximate surface area is 162 Å². The van der Waals surface area contributed by atoms with Crippen molar-refractivity contribution in [2.24, 2.45) is 0 Å². The molecule has 0 saturated heterocycles. The molecular weight excluding hydrogens is 368 g/mol. The van der Waals surface area contributed by atoms with E-state index in [-0.39, 0.29) is 5.56 Å². The van der Waals surface area contributed by atoms with Crippen LogP contribution in [0.4, 0.5) is 4.79 Å². The van der Waals surface area contributed by atoms with Crippen LogP contribution in [0.3, 0.4) is 0 Å². The predicted octanol–water partition coefficient (Wildman–Crippen LogP) is 4.26. The molecule has 1 amide bonds. The van der Waals surface area contributed by atoms with Gasteiger partial charge in [0.25, 0.3) is 0 Å². The maximum atomic E-state index is 12.6. The van der Waals surface area contributed by atoms with Gasteiger partial charge in [-0.1, -0.05) is 11.6 Å². The van der Waals surface area contributed by atoms with Gasteiger partial charge in [0.2, 0.25) is 5.56 Å². The van der Waals surface area contributed by atoms with Crippen molar-refractivity contribution in [3.05, 3.63) is 63.7 Å². The first-order chi connectivity index (χ1) is 12.7. The Morgan fingerprint density at radius 1 is 1.19 bits per heavy atom. The van der Waals surface area contributed by atoms with E-state index >= 15 is 0 Å². The molecule has 1 aliphatic rings. The number of H-pyrrole nitrogens is 1. The van der Waals surface area contributed by atoms with Gasteiger partial charge in [0.05, 0.1) is 12.2 Å². The minimum atomic E-state index is -0.606. The van der Waals surface area contributed by atoms with Crippen molar-refractivity contribution in [1.82, 2.24) is 9.88 Å². The SMILES string of the molecule is CC(C)(C)OC(=O)N1CCOC=C1c1cc(Cl)cc(-c2cc[nH]c(=O)c2)c1. The number of halogens is 1. The van der Waals surface area contributed by atoms with E-state index in [1.165, 1.54) is 17.2 Å². The normalized spacial score (nSPS) is 14.4. The molecule has 6 nitrogen and oxygen atoms in total. The fourth-order valence-electron chi connectivity index (χ4n) is 2.72. The van der Waals surface area contributed by atoms with Crippen LogP contribution in [0.15, 0.2) is 47.6 Å². The van der Waals surface area contributed by atoms with Crippen LogP contribution in [0.2, 0.25) is 5.02 Å². The fraction of sp³-hybridized carbons (Fsp3) is 0.300. The number of rotatable bonds is 2. The second kappa shape index (κ2) is 7.48. The molecule has 0 fully saturated rings. The standard InChI is InChI=1S/C20H21ClN2O4/c1-20(2,3)27-19(25)23-6-7-26-12-17(23)15-8-14(9-16(21)10-15)13-4-5-22-18(24)11-13/h4-5,8-12H,6-7H2,1-3H3,(H,22,24). The summed E-state index contributed by atoms with van der Waals surface area (Å²) in [4.78, 5) is 28.3. The number of amides is 1. The molecule has 0 atom stereocenters. The summed E-state index contributed by atoms with van der Waals surface area (Å²) >= 11 is 6.30. The molecule has 2 aromatic rings. The van der Waals surface area contributed by atoms with E-state index in [0.717, 1.165) is 11.1 Å². The van der Waals surface area contributed by atoms with Crippen molar-refractivity contribution in [3.63, 3.8) is 0 Å². The van der Waals surface area contributed by atoms with Gasteiger partial charge < -0.3 is 14.5 Å². The van der Waals surface area contributed by atoms with Crippen molar-refractivity contribution in [1.29, 1.82) is 0 Å². The minimum absolute atomic E-state index is 0.204. The van der Waals surface area contributed by atoms with Gasteiger partial charge >= 0.3 is 6.09 Å². The molecule has 27 heavy (non-hydrogen) atoms. The third kappa shape index (κ3) is 4.71. The molecule has 0 saturated carbocycles. The Bertz CT molecular complexity index is 943. The van der Waals surface area contributed by atoms with Gasteiger partial charge in [0.15, 0.2) is 0 Å². The molecule has 0 spiro atoms. The van der Waals surface area contributed by atoms with Gasteiger partial charge in [-0.15, -0.1) is 0 Å². The molecule has 0 bridgehead atoms. The first-order valence-corrected chi connectivity index (χ1v) is 8.93. The minimum Gasteiger partial charge on any atom is -0.497 e. The first kappa shape index (κ1) is 19.0. The molecular formula is C20H21ClN2O4. The second-order valence-corrected chi connectivity index (χ2v) is 7.61. The quantitative estimate of drug-likeness (QED) is 0.834. The Morgan fingerprint density at radius 3 is 2.63 bits per heavy atom. The number of ether oxygens (including phenoxy) is 2. The van der Waals surface area contributed by atoms with Crippen LogP contribution in [-0.4, -0.2) is 34.7 Å². The molecule has 0 unspecified atom stereocenters. The summed E-state index contributed by atoms with van der Waals surface area (Å²) in [5.74, 6) is 0. The van der Waals surface area contributed by atoms with Gasteiger partial charge in [-0.05, 0) is 56.2 Å². The Hall–Kier alpha value is -2.73. The highest BCUT2D eigenvalue weighted by Gasteiger charge is 2.28.